The van der Waals surface area contributed by atoms with Crippen molar-refractivity contribution in [2.24, 2.45) is 0 Å². The van der Waals surface area contributed by atoms with E-state index in [1.165, 1.54) is 18.4 Å². The van der Waals surface area contributed by atoms with E-state index in [9.17, 15) is 0 Å². The van der Waals surface area contributed by atoms with Gasteiger partial charge in [0.2, 0.25) is 0 Å². The van der Waals surface area contributed by atoms with E-state index in [-0.39, 0.29) is 0 Å². The third-order valence-electron chi connectivity index (χ3n) is 4.01. The summed E-state index contributed by atoms with van der Waals surface area (Å²) in [5.74, 6) is 1.89. The van der Waals surface area contributed by atoms with Gasteiger partial charge in [-0.2, -0.15) is 0 Å². The summed E-state index contributed by atoms with van der Waals surface area (Å²) in [5, 5.41) is 3.45. The molecule has 0 bridgehead atoms. The Bertz CT molecular complexity index is 506. The third kappa shape index (κ3) is 11.6. The van der Waals surface area contributed by atoms with Crippen LogP contribution in [0.4, 0.5) is 0 Å². The molecule has 0 radical (unpaired) electrons. The maximum Gasteiger partial charge on any atom is 0.119 e. The van der Waals surface area contributed by atoms with Gasteiger partial charge in [-0.15, -0.1) is 0 Å². The molecule has 0 aromatic carbocycles. The van der Waals surface area contributed by atoms with E-state index in [1.54, 1.807) is 0 Å². The normalized spacial score (nSPS) is 19.2. The van der Waals surface area contributed by atoms with Crippen LogP contribution in [-0.4, -0.2) is 25.8 Å². The molecule has 1 aliphatic carbocycles. The molecule has 3 nitrogen and oxygen atoms in total. The van der Waals surface area contributed by atoms with E-state index in [0.717, 1.165) is 37.5 Å². The fourth-order valence-corrected chi connectivity index (χ4v) is 2.56. The highest BCUT2D eigenvalue weighted by atomic mass is 16.5. The van der Waals surface area contributed by atoms with Crippen molar-refractivity contribution in [3.63, 3.8) is 0 Å². The van der Waals surface area contributed by atoms with Crippen molar-refractivity contribution < 1.29 is 9.47 Å². The van der Waals surface area contributed by atoms with Crippen LogP contribution in [0, 0.1) is 0 Å². The quantitative estimate of drug-likeness (QED) is 0.494. The highest BCUT2D eigenvalue weighted by molar-refractivity contribution is 5.26. The van der Waals surface area contributed by atoms with Crippen molar-refractivity contribution in [3.05, 3.63) is 59.6 Å². The molecule has 1 saturated heterocycles. The minimum absolute atomic E-state index is 0.495. The topological polar surface area (TPSA) is 30.5 Å². The summed E-state index contributed by atoms with van der Waals surface area (Å²) in [7, 11) is 0. The zero-order valence-electron chi connectivity index (χ0n) is 18.4. The van der Waals surface area contributed by atoms with Crippen LogP contribution >= 0.6 is 0 Å². The Hall–Kier alpha value is -1.74. The standard InChI is InChI=1S/C20H29NO2.2C2H6/c1-3-5-8-17(4-2)15-22-19-10-6-11-20(13-12-19)23-16-18-9-7-14-21-18;2*1-2/h4-6,8,11-13,18,21H,3,7,9-10,14-16H2,1-2H3;2*1-2H3/b8-5-,17-4+;;/t18-;;/m1../s1. The first-order valence-corrected chi connectivity index (χ1v) is 10.7. The summed E-state index contributed by atoms with van der Waals surface area (Å²) >= 11 is 0. The third-order valence-corrected chi connectivity index (χ3v) is 4.01. The summed E-state index contributed by atoms with van der Waals surface area (Å²) in [6, 6.07) is 0.495. The van der Waals surface area contributed by atoms with Gasteiger partial charge in [-0.25, -0.2) is 0 Å². The molecule has 1 heterocycles. The Morgan fingerprint density at radius 1 is 1.19 bits per heavy atom. The second-order valence-corrected chi connectivity index (χ2v) is 5.88. The number of hydrogen-bond donors (Lipinski definition) is 1. The van der Waals surface area contributed by atoms with E-state index in [1.807, 2.05) is 52.8 Å². The number of nitrogens with one attached hydrogen (secondary N) is 1. The molecule has 1 atom stereocenters. The van der Waals surface area contributed by atoms with Gasteiger partial charge in [0.15, 0.2) is 0 Å². The fraction of sp³-hybridized carbons (Fsp3) is 0.583. The van der Waals surface area contributed by atoms with Crippen LogP contribution < -0.4 is 5.32 Å². The number of hydrogen-bond acceptors (Lipinski definition) is 3. The SMILES string of the molecule is C/C=C(\C=C/CC)COC1=CC=C(OC[C@H]2CCCN2)C=CC1.CC.CC. The summed E-state index contributed by atoms with van der Waals surface area (Å²) in [4.78, 5) is 0. The summed E-state index contributed by atoms with van der Waals surface area (Å²) in [5.41, 5.74) is 1.20. The molecule has 3 heteroatoms. The molecule has 0 saturated carbocycles. The van der Waals surface area contributed by atoms with Crippen LogP contribution in [0.1, 0.15) is 67.2 Å². The Balaban J connectivity index is 0.00000158. The largest absolute Gasteiger partial charge is 0.493 e. The molecule has 0 spiro atoms. The Kier molecular flexibility index (Phi) is 16.5. The lowest BCUT2D eigenvalue weighted by atomic mass is 10.2. The molecule has 0 unspecified atom stereocenters. The summed E-state index contributed by atoms with van der Waals surface area (Å²) < 4.78 is 11.8. The highest BCUT2D eigenvalue weighted by Gasteiger charge is 2.14. The Morgan fingerprint density at radius 2 is 1.96 bits per heavy atom. The van der Waals surface area contributed by atoms with Gasteiger partial charge in [-0.3, -0.25) is 0 Å². The van der Waals surface area contributed by atoms with Gasteiger partial charge in [0.25, 0.3) is 0 Å². The van der Waals surface area contributed by atoms with Gasteiger partial charge < -0.3 is 14.8 Å². The van der Waals surface area contributed by atoms with Crippen molar-refractivity contribution >= 4 is 0 Å². The fourth-order valence-electron chi connectivity index (χ4n) is 2.56. The van der Waals surface area contributed by atoms with Crippen LogP contribution in [0.3, 0.4) is 0 Å². The summed E-state index contributed by atoms with van der Waals surface area (Å²) in [6.45, 7) is 14.6. The van der Waals surface area contributed by atoms with E-state index < -0.39 is 0 Å². The molecule has 154 valence electrons. The van der Waals surface area contributed by atoms with Crippen LogP contribution in [0.15, 0.2) is 59.6 Å². The molecule has 27 heavy (non-hydrogen) atoms. The first kappa shape index (κ1) is 25.3. The monoisotopic (exact) mass is 375 g/mol. The second-order valence-electron chi connectivity index (χ2n) is 5.88. The molecule has 0 aromatic heterocycles. The van der Waals surface area contributed by atoms with Gasteiger partial charge in [-0.05, 0) is 56.5 Å². The van der Waals surface area contributed by atoms with E-state index >= 15 is 0 Å². The van der Waals surface area contributed by atoms with E-state index in [2.05, 4.69) is 36.5 Å². The van der Waals surface area contributed by atoms with Gasteiger partial charge in [0.05, 0.1) is 0 Å². The minimum Gasteiger partial charge on any atom is -0.493 e. The lowest BCUT2D eigenvalue weighted by Crippen LogP contribution is -2.26. The second kappa shape index (κ2) is 17.7. The first-order chi connectivity index (χ1) is 13.3. The van der Waals surface area contributed by atoms with Crippen molar-refractivity contribution in [1.82, 2.24) is 5.32 Å². The highest BCUT2D eigenvalue weighted by Crippen LogP contribution is 2.16. The van der Waals surface area contributed by atoms with E-state index in [0.29, 0.717) is 12.6 Å². The average Bonchev–Trinajstić information content (AvgIpc) is 3.15. The van der Waals surface area contributed by atoms with Crippen molar-refractivity contribution in [1.29, 1.82) is 0 Å². The molecule has 1 fully saturated rings. The maximum atomic E-state index is 5.92. The predicted molar refractivity (Wildman–Crippen MR) is 119 cm³/mol. The maximum absolute atomic E-state index is 5.92. The van der Waals surface area contributed by atoms with Gasteiger partial charge in [-0.1, -0.05) is 58.9 Å². The van der Waals surface area contributed by atoms with Gasteiger partial charge >= 0.3 is 0 Å². The molecule has 1 aliphatic heterocycles. The molecular formula is C24H41NO2. The molecule has 0 aromatic rings. The van der Waals surface area contributed by atoms with Crippen LogP contribution in [0.5, 0.6) is 0 Å². The lowest BCUT2D eigenvalue weighted by Gasteiger charge is -2.12. The molecular weight excluding hydrogens is 334 g/mol. The smallest absolute Gasteiger partial charge is 0.119 e. The van der Waals surface area contributed by atoms with Crippen molar-refractivity contribution in [3.8, 4) is 0 Å². The first-order valence-electron chi connectivity index (χ1n) is 10.7. The van der Waals surface area contributed by atoms with Crippen LogP contribution in [-0.2, 0) is 9.47 Å². The van der Waals surface area contributed by atoms with Crippen molar-refractivity contribution in [2.75, 3.05) is 19.8 Å². The lowest BCUT2D eigenvalue weighted by molar-refractivity contribution is 0.197. The number of allylic oxidation sites excluding steroid dienone is 6. The summed E-state index contributed by atoms with van der Waals surface area (Å²) in [6.07, 6.45) is 18.9. The molecule has 2 rings (SSSR count). The zero-order valence-corrected chi connectivity index (χ0v) is 18.4. The minimum atomic E-state index is 0.495. The van der Waals surface area contributed by atoms with Crippen molar-refractivity contribution in [2.45, 2.75) is 73.3 Å². The predicted octanol–water partition coefficient (Wildman–Crippen LogP) is 6.46. The number of rotatable bonds is 8. The van der Waals surface area contributed by atoms with Crippen LogP contribution in [0.25, 0.3) is 0 Å². The van der Waals surface area contributed by atoms with Gasteiger partial charge in [0, 0.05) is 12.5 Å². The Labute approximate surface area is 167 Å². The molecule has 2 aliphatic rings. The molecule has 1 N–H and O–H groups in total. The number of ether oxygens (including phenoxy) is 2. The van der Waals surface area contributed by atoms with Crippen LogP contribution in [0.2, 0.25) is 0 Å². The van der Waals surface area contributed by atoms with Gasteiger partial charge in [0.1, 0.15) is 24.7 Å². The Morgan fingerprint density at radius 3 is 2.59 bits per heavy atom. The average molecular weight is 376 g/mol. The zero-order chi connectivity index (χ0) is 20.3. The molecule has 0 amide bonds. The van der Waals surface area contributed by atoms with E-state index in [4.69, 9.17) is 9.47 Å².